The Balaban J connectivity index is 1.79. The summed E-state index contributed by atoms with van der Waals surface area (Å²) in [6.45, 7) is 2.27. The van der Waals surface area contributed by atoms with Crippen LogP contribution in [0.1, 0.15) is 109 Å². The molecule has 1 aromatic rings. The van der Waals surface area contributed by atoms with E-state index >= 15 is 0 Å². The minimum absolute atomic E-state index is 0.377. The minimum Gasteiger partial charge on any atom is -0.328 e. The summed E-state index contributed by atoms with van der Waals surface area (Å²) in [5.74, 6) is 0.377. The average molecular weight is 409 g/mol. The fourth-order valence-electron chi connectivity index (χ4n) is 4.89. The van der Waals surface area contributed by atoms with Gasteiger partial charge in [0, 0.05) is 0 Å². The summed E-state index contributed by atoms with van der Waals surface area (Å²) < 4.78 is 5.90. The molecule has 0 saturated heterocycles. The first-order valence-corrected chi connectivity index (χ1v) is 12.8. The number of benzene rings is 1. The van der Waals surface area contributed by atoms with Gasteiger partial charge in [-0.15, -0.1) is 0 Å². The van der Waals surface area contributed by atoms with E-state index in [1.165, 1.54) is 70.6 Å². The zero-order valence-corrected chi connectivity index (χ0v) is 18.7. The molecule has 0 radical (unpaired) electrons. The average Bonchev–Trinajstić information content (AvgIpc) is 2.71. The SMILES string of the molecule is CCCCCCCCCCCCC1CCCCC1(OP(O)O)c1ccccc1. The molecular weight excluding hydrogens is 367 g/mol. The van der Waals surface area contributed by atoms with Gasteiger partial charge in [0.05, 0.1) is 0 Å². The van der Waals surface area contributed by atoms with Gasteiger partial charge in [-0.3, -0.25) is 0 Å². The van der Waals surface area contributed by atoms with Crippen molar-refractivity contribution in [2.45, 2.75) is 109 Å². The van der Waals surface area contributed by atoms with Crippen molar-refractivity contribution in [1.29, 1.82) is 0 Å². The summed E-state index contributed by atoms with van der Waals surface area (Å²) in [5, 5.41) is 0. The normalized spacial score (nSPS) is 22.6. The van der Waals surface area contributed by atoms with Crippen LogP contribution in [0.3, 0.4) is 0 Å². The van der Waals surface area contributed by atoms with E-state index in [0.29, 0.717) is 5.92 Å². The Hall–Kier alpha value is -0.470. The van der Waals surface area contributed by atoms with Crippen molar-refractivity contribution in [2.24, 2.45) is 5.92 Å². The monoisotopic (exact) mass is 408 g/mol. The van der Waals surface area contributed by atoms with E-state index in [1.54, 1.807) is 0 Å². The first kappa shape index (κ1) is 23.8. The van der Waals surface area contributed by atoms with Crippen LogP contribution < -0.4 is 0 Å². The second-order valence-electron chi connectivity index (χ2n) is 8.51. The molecule has 160 valence electrons. The van der Waals surface area contributed by atoms with Gasteiger partial charge in [-0.2, -0.15) is 0 Å². The lowest BCUT2D eigenvalue weighted by Crippen LogP contribution is -2.39. The van der Waals surface area contributed by atoms with E-state index in [9.17, 15) is 9.79 Å². The highest BCUT2D eigenvalue weighted by atomic mass is 31.2. The summed E-state index contributed by atoms with van der Waals surface area (Å²) >= 11 is 0. The summed E-state index contributed by atoms with van der Waals surface area (Å²) in [7, 11) is -2.36. The summed E-state index contributed by atoms with van der Waals surface area (Å²) in [4.78, 5) is 19.4. The molecule has 2 N–H and O–H groups in total. The standard InChI is InChI=1S/C24H41O3P/c1-2-3-4-5-6-7-8-9-10-12-17-23-20-15-16-21-24(23,27-28(25)26)22-18-13-11-14-19-22/h11,13-14,18-19,23,25-26H,2-10,12,15-17,20-21H2,1H3. The van der Waals surface area contributed by atoms with Gasteiger partial charge in [-0.05, 0) is 30.7 Å². The Kier molecular flexibility index (Phi) is 11.6. The molecule has 0 bridgehead atoms. The van der Waals surface area contributed by atoms with Crippen LogP contribution in [0.4, 0.5) is 0 Å². The van der Waals surface area contributed by atoms with Gasteiger partial charge >= 0.3 is 8.60 Å². The Morgan fingerprint density at radius 2 is 1.50 bits per heavy atom. The van der Waals surface area contributed by atoms with E-state index in [-0.39, 0.29) is 0 Å². The van der Waals surface area contributed by atoms with E-state index < -0.39 is 14.2 Å². The quantitative estimate of drug-likeness (QED) is 0.246. The predicted molar refractivity (Wildman–Crippen MR) is 119 cm³/mol. The maximum Gasteiger partial charge on any atom is 0.327 e. The second kappa shape index (κ2) is 13.7. The maximum absolute atomic E-state index is 9.69. The Bertz CT molecular complexity index is 508. The molecule has 0 aromatic heterocycles. The molecule has 4 heteroatoms. The molecule has 2 atom stereocenters. The number of unbranched alkanes of at least 4 members (excludes halogenated alkanes) is 9. The van der Waals surface area contributed by atoms with Gasteiger partial charge in [-0.25, -0.2) is 0 Å². The lowest BCUT2D eigenvalue weighted by atomic mass is 9.69. The van der Waals surface area contributed by atoms with E-state index in [0.717, 1.165) is 31.2 Å². The van der Waals surface area contributed by atoms with Gasteiger partial charge < -0.3 is 14.3 Å². The third kappa shape index (κ3) is 7.75. The molecule has 0 spiro atoms. The van der Waals surface area contributed by atoms with Crippen LogP contribution in [-0.2, 0) is 10.1 Å². The third-order valence-corrected chi connectivity index (χ3v) is 6.91. The number of hydrogen-bond donors (Lipinski definition) is 2. The lowest BCUT2D eigenvalue weighted by Gasteiger charge is -2.44. The van der Waals surface area contributed by atoms with Crippen LogP contribution in [0.5, 0.6) is 0 Å². The van der Waals surface area contributed by atoms with Crippen molar-refractivity contribution in [3.05, 3.63) is 35.9 Å². The van der Waals surface area contributed by atoms with Gasteiger partial charge in [0.25, 0.3) is 0 Å². The molecule has 28 heavy (non-hydrogen) atoms. The molecule has 0 heterocycles. The van der Waals surface area contributed by atoms with Crippen LogP contribution in [0, 0.1) is 5.92 Å². The highest BCUT2D eigenvalue weighted by Gasteiger charge is 2.44. The van der Waals surface area contributed by atoms with E-state index in [4.69, 9.17) is 4.52 Å². The lowest BCUT2D eigenvalue weighted by molar-refractivity contribution is -0.0417. The van der Waals surface area contributed by atoms with Gasteiger partial charge in [-0.1, -0.05) is 114 Å². The first-order valence-electron chi connectivity index (χ1n) is 11.6. The van der Waals surface area contributed by atoms with Crippen molar-refractivity contribution < 1.29 is 14.3 Å². The molecule has 1 aromatic carbocycles. The predicted octanol–water partition coefficient (Wildman–Crippen LogP) is 7.61. The molecule has 1 aliphatic carbocycles. The van der Waals surface area contributed by atoms with Crippen LogP contribution in [0.25, 0.3) is 0 Å². The van der Waals surface area contributed by atoms with Crippen LogP contribution in [0.2, 0.25) is 0 Å². The molecule has 1 saturated carbocycles. The van der Waals surface area contributed by atoms with Crippen molar-refractivity contribution in [1.82, 2.24) is 0 Å². The molecule has 2 rings (SSSR count). The van der Waals surface area contributed by atoms with Crippen LogP contribution >= 0.6 is 8.60 Å². The van der Waals surface area contributed by atoms with Crippen LogP contribution in [0.15, 0.2) is 30.3 Å². The zero-order valence-electron chi connectivity index (χ0n) is 17.8. The topological polar surface area (TPSA) is 49.7 Å². The van der Waals surface area contributed by atoms with E-state index in [2.05, 4.69) is 19.1 Å². The molecule has 1 aliphatic rings. The highest BCUT2D eigenvalue weighted by molar-refractivity contribution is 7.39. The van der Waals surface area contributed by atoms with Gasteiger partial charge in [0.2, 0.25) is 0 Å². The Morgan fingerprint density at radius 3 is 2.11 bits per heavy atom. The molecule has 3 nitrogen and oxygen atoms in total. The Morgan fingerprint density at radius 1 is 0.893 bits per heavy atom. The number of rotatable bonds is 14. The largest absolute Gasteiger partial charge is 0.328 e. The van der Waals surface area contributed by atoms with Crippen molar-refractivity contribution >= 4 is 8.60 Å². The minimum atomic E-state index is -2.36. The smallest absolute Gasteiger partial charge is 0.327 e. The maximum atomic E-state index is 9.69. The first-order chi connectivity index (χ1) is 13.7. The zero-order chi connectivity index (χ0) is 20.1. The summed E-state index contributed by atoms with van der Waals surface area (Å²) in [5.41, 5.74) is 0.593. The third-order valence-electron chi connectivity index (χ3n) is 6.42. The molecule has 2 unspecified atom stereocenters. The van der Waals surface area contributed by atoms with E-state index in [1.807, 2.05) is 18.2 Å². The highest BCUT2D eigenvalue weighted by Crippen LogP contribution is 2.52. The molecular formula is C24H41O3P. The van der Waals surface area contributed by atoms with Crippen molar-refractivity contribution in [3.8, 4) is 0 Å². The van der Waals surface area contributed by atoms with Crippen molar-refractivity contribution in [2.75, 3.05) is 0 Å². The fourth-order valence-corrected chi connectivity index (χ4v) is 5.53. The Labute approximate surface area is 173 Å². The summed E-state index contributed by atoms with van der Waals surface area (Å²) in [6, 6.07) is 10.3. The van der Waals surface area contributed by atoms with Crippen molar-refractivity contribution in [3.63, 3.8) is 0 Å². The molecule has 1 fully saturated rings. The fraction of sp³-hybridized carbons (Fsp3) is 0.750. The van der Waals surface area contributed by atoms with Gasteiger partial charge in [0.1, 0.15) is 5.60 Å². The number of hydrogen-bond acceptors (Lipinski definition) is 3. The summed E-state index contributed by atoms with van der Waals surface area (Å²) in [6.07, 6.45) is 18.9. The van der Waals surface area contributed by atoms with Gasteiger partial charge in [0.15, 0.2) is 0 Å². The second-order valence-corrected chi connectivity index (χ2v) is 9.20. The van der Waals surface area contributed by atoms with Crippen LogP contribution in [-0.4, -0.2) is 9.79 Å². The molecule has 0 aliphatic heterocycles. The molecule has 0 amide bonds.